The van der Waals surface area contributed by atoms with Crippen molar-refractivity contribution in [1.82, 2.24) is 10.1 Å². The fourth-order valence-corrected chi connectivity index (χ4v) is 2.92. The van der Waals surface area contributed by atoms with E-state index in [2.05, 4.69) is 10.1 Å². The highest BCUT2D eigenvalue weighted by Gasteiger charge is 2.30. The Bertz CT molecular complexity index is 1210. The third-order valence-corrected chi connectivity index (χ3v) is 4.49. The molecule has 0 unspecified atom stereocenters. The lowest BCUT2D eigenvalue weighted by Gasteiger charge is -2.05. The molecule has 0 aliphatic heterocycles. The number of fused-ring (bicyclic) bond motifs is 1. The molecule has 2 heterocycles. The van der Waals surface area contributed by atoms with E-state index in [0.717, 1.165) is 17.5 Å². The summed E-state index contributed by atoms with van der Waals surface area (Å²) < 4.78 is 58.7. The molecule has 0 aliphatic carbocycles. The number of furan rings is 1. The van der Waals surface area contributed by atoms with Gasteiger partial charge in [0.05, 0.1) is 25.4 Å². The molecule has 2 aromatic heterocycles. The number of carbonyl (C=O) groups excluding carboxylic acids is 1. The van der Waals surface area contributed by atoms with Gasteiger partial charge in [0.2, 0.25) is 5.82 Å². The Labute approximate surface area is 173 Å². The van der Waals surface area contributed by atoms with E-state index >= 15 is 0 Å². The number of hydrogen-bond donors (Lipinski definition) is 0. The number of rotatable bonds is 6. The molecule has 0 radical (unpaired) electrons. The number of ether oxygens (including phenoxy) is 2. The Morgan fingerprint density at radius 1 is 1.13 bits per heavy atom. The van der Waals surface area contributed by atoms with E-state index < -0.39 is 17.7 Å². The molecule has 0 spiro atoms. The molecule has 2 aromatic carbocycles. The molecule has 160 valence electrons. The van der Waals surface area contributed by atoms with Crippen LogP contribution in [-0.2, 0) is 28.7 Å². The Morgan fingerprint density at radius 3 is 2.61 bits per heavy atom. The lowest BCUT2D eigenvalue weighted by molar-refractivity contribution is -0.145. The van der Waals surface area contributed by atoms with Gasteiger partial charge >= 0.3 is 12.1 Å². The molecule has 4 aromatic rings. The van der Waals surface area contributed by atoms with Crippen LogP contribution in [0.2, 0.25) is 0 Å². The van der Waals surface area contributed by atoms with E-state index in [0.29, 0.717) is 22.5 Å². The number of esters is 1. The van der Waals surface area contributed by atoms with Gasteiger partial charge in [-0.3, -0.25) is 4.79 Å². The Kier molecular flexibility index (Phi) is 5.37. The standard InChI is InChI=1S/C21H15F3N2O5/c1-28-15-6-7-16-13(10-29-17(16)9-15)8-19(27)30-11-18-25-20(26-31-18)12-2-4-14(5-3-12)21(22,23)24/h2-7,9-10H,8,11H2,1H3. The second-order valence-electron chi connectivity index (χ2n) is 6.55. The zero-order valence-corrected chi connectivity index (χ0v) is 16.1. The summed E-state index contributed by atoms with van der Waals surface area (Å²) in [6.45, 7) is -0.268. The number of nitrogens with zero attached hydrogens (tertiary/aromatic N) is 2. The van der Waals surface area contributed by atoms with E-state index in [4.69, 9.17) is 18.4 Å². The average molecular weight is 432 g/mol. The normalized spacial score (nSPS) is 11.6. The molecule has 0 atom stereocenters. The summed E-state index contributed by atoms with van der Waals surface area (Å²) in [6, 6.07) is 9.59. The third-order valence-electron chi connectivity index (χ3n) is 4.49. The number of benzene rings is 2. The summed E-state index contributed by atoms with van der Waals surface area (Å²) in [5, 5.41) is 4.47. The Balaban J connectivity index is 1.37. The van der Waals surface area contributed by atoms with Crippen molar-refractivity contribution >= 4 is 16.9 Å². The van der Waals surface area contributed by atoms with E-state index in [1.807, 2.05) is 0 Å². The lowest BCUT2D eigenvalue weighted by atomic mass is 10.1. The van der Waals surface area contributed by atoms with Crippen LogP contribution in [0.1, 0.15) is 17.0 Å². The second-order valence-corrected chi connectivity index (χ2v) is 6.55. The van der Waals surface area contributed by atoms with Crippen molar-refractivity contribution in [3.63, 3.8) is 0 Å². The van der Waals surface area contributed by atoms with Gasteiger partial charge in [0.25, 0.3) is 5.89 Å². The SMILES string of the molecule is COc1ccc2c(CC(=O)OCc3nc(-c4ccc(C(F)(F)F)cc4)no3)coc2c1. The van der Waals surface area contributed by atoms with E-state index in [9.17, 15) is 18.0 Å². The van der Waals surface area contributed by atoms with Crippen molar-refractivity contribution in [1.29, 1.82) is 0 Å². The molecular weight excluding hydrogens is 417 g/mol. The summed E-state index contributed by atoms with van der Waals surface area (Å²) in [7, 11) is 1.54. The van der Waals surface area contributed by atoms with Crippen LogP contribution in [-0.4, -0.2) is 23.2 Å². The number of aromatic nitrogens is 2. The first-order chi connectivity index (χ1) is 14.8. The maximum absolute atomic E-state index is 12.6. The molecule has 0 saturated heterocycles. The molecule has 0 bridgehead atoms. The highest BCUT2D eigenvalue weighted by atomic mass is 19.4. The molecule has 0 saturated carbocycles. The van der Waals surface area contributed by atoms with E-state index in [-0.39, 0.29) is 24.7 Å². The molecule has 0 fully saturated rings. The molecule has 0 aliphatic rings. The molecule has 10 heteroatoms. The summed E-state index contributed by atoms with van der Waals surface area (Å²) in [4.78, 5) is 16.2. The van der Waals surface area contributed by atoms with Crippen LogP contribution in [0, 0.1) is 0 Å². The van der Waals surface area contributed by atoms with Gasteiger partial charge in [-0.15, -0.1) is 0 Å². The Morgan fingerprint density at radius 2 is 1.90 bits per heavy atom. The fourth-order valence-electron chi connectivity index (χ4n) is 2.92. The lowest BCUT2D eigenvalue weighted by Crippen LogP contribution is -2.07. The van der Waals surface area contributed by atoms with E-state index in [1.165, 1.54) is 18.4 Å². The number of carbonyl (C=O) groups is 1. The number of methoxy groups -OCH3 is 1. The molecule has 0 amide bonds. The molecule has 7 nitrogen and oxygen atoms in total. The maximum Gasteiger partial charge on any atom is 0.416 e. The van der Waals surface area contributed by atoms with Crippen molar-refractivity contribution < 1.29 is 36.4 Å². The van der Waals surface area contributed by atoms with Crippen LogP contribution < -0.4 is 4.74 Å². The maximum atomic E-state index is 12.6. The summed E-state index contributed by atoms with van der Waals surface area (Å²) in [6.07, 6.45) is -2.98. The highest BCUT2D eigenvalue weighted by molar-refractivity contribution is 5.86. The van der Waals surface area contributed by atoms with Gasteiger partial charge in [0.1, 0.15) is 11.3 Å². The monoisotopic (exact) mass is 432 g/mol. The highest BCUT2D eigenvalue weighted by Crippen LogP contribution is 2.30. The molecule has 4 rings (SSSR count). The zero-order chi connectivity index (χ0) is 22.0. The van der Waals surface area contributed by atoms with Gasteiger partial charge in [-0.1, -0.05) is 17.3 Å². The number of halogens is 3. The van der Waals surface area contributed by atoms with Gasteiger partial charge in [0.15, 0.2) is 6.61 Å². The third kappa shape index (κ3) is 4.52. The van der Waals surface area contributed by atoms with E-state index in [1.54, 1.807) is 25.3 Å². The zero-order valence-electron chi connectivity index (χ0n) is 16.1. The minimum absolute atomic E-state index is 0.0186. The summed E-state index contributed by atoms with van der Waals surface area (Å²) >= 11 is 0. The van der Waals surface area contributed by atoms with Gasteiger partial charge in [-0.2, -0.15) is 18.2 Å². The smallest absolute Gasteiger partial charge is 0.416 e. The largest absolute Gasteiger partial charge is 0.497 e. The first-order valence-electron chi connectivity index (χ1n) is 9.03. The van der Waals surface area contributed by atoms with Crippen LogP contribution in [0.5, 0.6) is 5.75 Å². The molecular formula is C21H15F3N2O5. The first kappa shape index (κ1) is 20.5. The van der Waals surface area contributed by atoms with Crippen LogP contribution in [0.4, 0.5) is 13.2 Å². The van der Waals surface area contributed by atoms with Gasteiger partial charge < -0.3 is 18.4 Å². The van der Waals surface area contributed by atoms with Crippen LogP contribution in [0.25, 0.3) is 22.4 Å². The van der Waals surface area contributed by atoms with Crippen molar-refractivity contribution in [2.75, 3.05) is 7.11 Å². The first-order valence-corrected chi connectivity index (χ1v) is 9.03. The van der Waals surface area contributed by atoms with Gasteiger partial charge in [-0.05, 0) is 24.3 Å². The minimum Gasteiger partial charge on any atom is -0.497 e. The van der Waals surface area contributed by atoms with Gasteiger partial charge in [0, 0.05) is 22.6 Å². The topological polar surface area (TPSA) is 87.6 Å². The minimum atomic E-state index is -4.43. The Hall–Kier alpha value is -3.82. The quantitative estimate of drug-likeness (QED) is 0.405. The predicted molar refractivity (Wildman–Crippen MR) is 101 cm³/mol. The van der Waals surface area contributed by atoms with Crippen LogP contribution in [0.3, 0.4) is 0 Å². The van der Waals surface area contributed by atoms with Crippen molar-refractivity contribution in [2.45, 2.75) is 19.2 Å². The van der Waals surface area contributed by atoms with Gasteiger partial charge in [-0.25, -0.2) is 0 Å². The van der Waals surface area contributed by atoms with Crippen molar-refractivity contribution in [3.05, 3.63) is 65.7 Å². The average Bonchev–Trinajstić information content (AvgIpc) is 3.39. The second kappa shape index (κ2) is 8.13. The van der Waals surface area contributed by atoms with Crippen molar-refractivity contribution in [2.24, 2.45) is 0 Å². The molecule has 0 N–H and O–H groups in total. The summed E-state index contributed by atoms with van der Waals surface area (Å²) in [5.74, 6) is 0.212. The summed E-state index contributed by atoms with van der Waals surface area (Å²) in [5.41, 5.74) is 0.799. The van der Waals surface area contributed by atoms with Crippen LogP contribution >= 0.6 is 0 Å². The number of hydrogen-bond acceptors (Lipinski definition) is 7. The number of alkyl halides is 3. The fraction of sp³-hybridized carbons (Fsp3) is 0.190. The molecule has 31 heavy (non-hydrogen) atoms. The van der Waals surface area contributed by atoms with Crippen molar-refractivity contribution in [3.8, 4) is 17.1 Å². The predicted octanol–water partition coefficient (Wildman–Crippen LogP) is 4.80. The van der Waals surface area contributed by atoms with Crippen LogP contribution in [0.15, 0.2) is 57.7 Å².